The number of pyridine rings is 1. The first-order valence-corrected chi connectivity index (χ1v) is 12.6. The molecular weight excluding hydrogens is 650 g/mol. The molecule has 5 heteroatoms. The third kappa shape index (κ3) is 4.77. The van der Waals surface area contributed by atoms with Gasteiger partial charge in [-0.1, -0.05) is 61.9 Å². The molecule has 1 aliphatic heterocycles. The number of aliphatic imine (C=N–C) groups is 1. The minimum absolute atomic E-state index is 0. The predicted molar refractivity (Wildman–Crippen MR) is 154 cm³/mol. The van der Waals surface area contributed by atoms with Gasteiger partial charge in [0.2, 0.25) is 0 Å². The summed E-state index contributed by atoms with van der Waals surface area (Å²) in [6.07, 6.45) is 7.86. The summed E-state index contributed by atoms with van der Waals surface area (Å²) in [6.45, 7) is 12.3. The average molecular weight is 682 g/mol. The summed E-state index contributed by atoms with van der Waals surface area (Å²) in [5.74, 6) is -0.185. The topological polar surface area (TPSA) is 28.5 Å². The van der Waals surface area contributed by atoms with Gasteiger partial charge in [0.05, 0.1) is 0 Å². The number of rotatable bonds is 2. The van der Waals surface area contributed by atoms with Gasteiger partial charge in [-0.15, -0.1) is 5.56 Å². The van der Waals surface area contributed by atoms with E-state index < -0.39 is 5.41 Å². The fourth-order valence-electron chi connectivity index (χ4n) is 5.39. The molecule has 3 aromatic carbocycles. The quantitative estimate of drug-likeness (QED) is 0.202. The first-order chi connectivity index (χ1) is 17.7. The van der Waals surface area contributed by atoms with Gasteiger partial charge in [0, 0.05) is 63.4 Å². The molecule has 4 aromatic rings. The molecule has 38 heavy (non-hydrogen) atoms. The number of allylic oxidation sites excluding steroid dienone is 1. The third-order valence-corrected chi connectivity index (χ3v) is 7.37. The zero-order valence-corrected chi connectivity index (χ0v) is 24.7. The van der Waals surface area contributed by atoms with E-state index in [1.807, 2.05) is 32.4 Å². The molecule has 6 rings (SSSR count). The number of fused-ring (bicyclic) bond motifs is 2. The molecule has 1 aliphatic carbocycles. The molecule has 0 N–H and O–H groups in total. The Balaban J connectivity index is 0.000000179. The zero-order chi connectivity index (χ0) is 26.3. The molecule has 1 radical (unpaired) electrons. The summed E-state index contributed by atoms with van der Waals surface area (Å²) in [5.41, 5.74) is 8.53. The van der Waals surface area contributed by atoms with Gasteiger partial charge in [-0.05, 0) is 46.5 Å². The zero-order valence-electron chi connectivity index (χ0n) is 22.3. The first-order valence-electron chi connectivity index (χ1n) is 12.6. The number of hydrogen-bond donors (Lipinski definition) is 0. The monoisotopic (exact) mass is 682 g/mol. The second-order valence-corrected chi connectivity index (χ2v) is 10.4. The van der Waals surface area contributed by atoms with Crippen molar-refractivity contribution in [1.29, 1.82) is 0 Å². The number of hydrogen-bond acceptors (Lipinski definition) is 3. The Morgan fingerprint density at radius 3 is 2.45 bits per heavy atom. The predicted octanol–water partition coefficient (Wildman–Crippen LogP) is 7.89. The molecule has 2 aliphatic rings. The van der Waals surface area contributed by atoms with E-state index in [1.54, 1.807) is 12.3 Å². The van der Waals surface area contributed by atoms with Crippen molar-refractivity contribution in [3.63, 3.8) is 0 Å². The summed E-state index contributed by atoms with van der Waals surface area (Å²) < 4.78 is 14.6. The van der Waals surface area contributed by atoms with Crippen LogP contribution in [0.5, 0.6) is 0 Å². The molecule has 0 atom stereocenters. The average Bonchev–Trinajstić information content (AvgIpc) is 2.89. The summed E-state index contributed by atoms with van der Waals surface area (Å²) in [7, 11) is 4.09. The van der Waals surface area contributed by atoms with Gasteiger partial charge in [0.15, 0.2) is 0 Å². The standard InChI is InChI=1S/C19H15FN.C14H17N2.Ir/c1-11-7-8-14(20)17-15(11)18-16-12(9-10-21-18)5-4-6-13(16)19(17,2)3;1-11-7-8-12(16(2)3)10-13(11)14-6-4-5-9-15-14;/h4-10H,1H2,2-3H3;5,7-10H,1,4,6H2,2-3H3;/q2*-1;. The van der Waals surface area contributed by atoms with Crippen molar-refractivity contribution in [2.75, 3.05) is 19.0 Å². The molecule has 0 spiro atoms. The molecule has 0 bridgehead atoms. The fraction of sp³-hybridized carbons (Fsp3) is 0.212. The van der Waals surface area contributed by atoms with E-state index in [2.05, 4.69) is 79.0 Å². The molecule has 197 valence electrons. The van der Waals surface area contributed by atoms with Crippen LogP contribution in [-0.2, 0) is 25.5 Å². The second kappa shape index (κ2) is 10.8. The molecule has 1 aromatic heterocycles. The van der Waals surface area contributed by atoms with Crippen molar-refractivity contribution in [2.45, 2.75) is 32.1 Å². The smallest absolute Gasteiger partial charge is 0.103 e. The largest absolute Gasteiger partial charge is 0.379 e. The number of aromatic nitrogens is 1. The molecular formula is C33H32FIrN3-2. The van der Waals surface area contributed by atoms with Crippen LogP contribution in [0.4, 0.5) is 10.1 Å². The third-order valence-electron chi connectivity index (χ3n) is 7.37. The molecule has 0 saturated heterocycles. The van der Waals surface area contributed by atoms with E-state index in [0.717, 1.165) is 57.3 Å². The van der Waals surface area contributed by atoms with E-state index in [9.17, 15) is 4.39 Å². The summed E-state index contributed by atoms with van der Waals surface area (Å²) >= 11 is 0. The van der Waals surface area contributed by atoms with Crippen molar-refractivity contribution >= 4 is 22.2 Å². The summed E-state index contributed by atoms with van der Waals surface area (Å²) in [6, 6.07) is 17.7. The summed E-state index contributed by atoms with van der Waals surface area (Å²) in [5, 5.41) is 2.26. The Hall–Kier alpha value is -3.40. The molecule has 3 nitrogen and oxygen atoms in total. The van der Waals surface area contributed by atoms with E-state index in [-0.39, 0.29) is 25.9 Å². The molecule has 0 unspecified atom stereocenters. The molecule has 0 fully saturated rings. The van der Waals surface area contributed by atoms with Gasteiger partial charge in [-0.2, -0.15) is 37.1 Å². The molecule has 0 saturated carbocycles. The van der Waals surface area contributed by atoms with E-state index in [0.29, 0.717) is 5.56 Å². The van der Waals surface area contributed by atoms with Crippen LogP contribution in [0.3, 0.4) is 0 Å². The van der Waals surface area contributed by atoms with Crippen LogP contribution in [-0.4, -0.2) is 24.8 Å². The Bertz CT molecular complexity index is 1560. The van der Waals surface area contributed by atoms with Crippen molar-refractivity contribution in [2.24, 2.45) is 4.99 Å². The van der Waals surface area contributed by atoms with Crippen molar-refractivity contribution in [3.05, 3.63) is 121 Å². The SMILES string of the molecule is [CH2-]c1ccc(F)c2c1-c1nccc3cccc(c13)C2(C)C.[CH2-]c1ccc(N(C)C)cc1C1=NC=CCC1.[Ir]. The van der Waals surface area contributed by atoms with E-state index >= 15 is 0 Å². The van der Waals surface area contributed by atoms with Gasteiger partial charge in [0.1, 0.15) is 5.82 Å². The van der Waals surface area contributed by atoms with Crippen LogP contribution in [0.2, 0.25) is 0 Å². The van der Waals surface area contributed by atoms with Crippen molar-refractivity contribution in [3.8, 4) is 11.3 Å². The maximum atomic E-state index is 14.6. The molecule has 0 amide bonds. The van der Waals surface area contributed by atoms with Crippen molar-refractivity contribution < 1.29 is 24.5 Å². The Morgan fingerprint density at radius 2 is 1.74 bits per heavy atom. The van der Waals surface area contributed by atoms with Crippen LogP contribution in [0.15, 0.2) is 78.1 Å². The van der Waals surface area contributed by atoms with Crippen molar-refractivity contribution in [1.82, 2.24) is 4.98 Å². The van der Waals surface area contributed by atoms with Gasteiger partial charge >= 0.3 is 0 Å². The van der Waals surface area contributed by atoms with Gasteiger partial charge in [-0.3, -0.25) is 9.98 Å². The van der Waals surface area contributed by atoms with Gasteiger partial charge in [-0.25, -0.2) is 4.39 Å². The second-order valence-electron chi connectivity index (χ2n) is 10.4. The van der Waals surface area contributed by atoms with Crippen LogP contribution in [0.25, 0.3) is 22.0 Å². The first kappa shape index (κ1) is 27.6. The van der Waals surface area contributed by atoms with Gasteiger partial charge in [0.25, 0.3) is 0 Å². The maximum absolute atomic E-state index is 14.6. The van der Waals surface area contributed by atoms with Crippen LogP contribution < -0.4 is 4.90 Å². The Labute approximate surface area is 238 Å². The number of benzene rings is 3. The maximum Gasteiger partial charge on any atom is 0.103 e. The Morgan fingerprint density at radius 1 is 0.974 bits per heavy atom. The number of halogens is 1. The number of nitrogens with zero attached hydrogens (tertiary/aromatic N) is 3. The minimum atomic E-state index is -0.400. The van der Waals surface area contributed by atoms with Crippen LogP contribution in [0.1, 0.15) is 54.5 Å². The normalized spacial score (nSPS) is 14.5. The number of anilines is 1. The van der Waals surface area contributed by atoms with Crippen LogP contribution in [0, 0.1) is 19.7 Å². The fourth-order valence-corrected chi connectivity index (χ4v) is 5.39. The van der Waals surface area contributed by atoms with Crippen LogP contribution >= 0.6 is 0 Å². The van der Waals surface area contributed by atoms with E-state index in [1.165, 1.54) is 17.3 Å². The van der Waals surface area contributed by atoms with Gasteiger partial charge < -0.3 is 4.90 Å². The minimum Gasteiger partial charge on any atom is -0.379 e. The summed E-state index contributed by atoms with van der Waals surface area (Å²) in [4.78, 5) is 11.1. The Kier molecular flexibility index (Phi) is 7.83. The molecule has 2 heterocycles. The van der Waals surface area contributed by atoms with E-state index in [4.69, 9.17) is 0 Å².